The minimum atomic E-state index is -0.692. The number of nitrogens with zero attached hydrogens (tertiary/aromatic N) is 1. The maximum Gasteiger partial charge on any atom is 0.261 e. The third-order valence-electron chi connectivity index (χ3n) is 3.96. The number of amides is 2. The van der Waals surface area contributed by atoms with Crippen LogP contribution < -0.4 is 10.1 Å². The smallest absolute Gasteiger partial charge is 0.261 e. The van der Waals surface area contributed by atoms with Crippen LogP contribution in [0.15, 0.2) is 46.9 Å². The zero-order chi connectivity index (χ0) is 20.0. The van der Waals surface area contributed by atoms with E-state index in [1.807, 2.05) is 12.1 Å². The van der Waals surface area contributed by atoms with Crippen LogP contribution in [0.5, 0.6) is 5.75 Å². The number of nitrogens with one attached hydrogen (secondary N) is 1. The highest BCUT2D eigenvalue weighted by molar-refractivity contribution is 9.10. The lowest BCUT2D eigenvalue weighted by Crippen LogP contribution is -2.48. The average Bonchev–Trinajstić information content (AvgIpc) is 2.65. The van der Waals surface area contributed by atoms with Gasteiger partial charge in [-0.3, -0.25) is 9.59 Å². The lowest BCUT2D eigenvalue weighted by molar-refractivity contribution is -0.142. The van der Waals surface area contributed by atoms with Crippen LogP contribution in [-0.2, 0) is 16.1 Å². The van der Waals surface area contributed by atoms with E-state index < -0.39 is 6.04 Å². The fourth-order valence-corrected chi connectivity index (χ4v) is 3.34. The molecule has 0 radical (unpaired) electrons. The van der Waals surface area contributed by atoms with Crippen LogP contribution in [0.25, 0.3) is 0 Å². The predicted octanol–water partition coefficient (Wildman–Crippen LogP) is 4.30. The van der Waals surface area contributed by atoms with Crippen molar-refractivity contribution in [3.63, 3.8) is 0 Å². The summed E-state index contributed by atoms with van der Waals surface area (Å²) in [5, 5.41) is 3.46. The zero-order valence-corrected chi connectivity index (χ0v) is 17.9. The van der Waals surface area contributed by atoms with E-state index in [0.29, 0.717) is 15.8 Å². The summed E-state index contributed by atoms with van der Waals surface area (Å²) >= 11 is 15.6. The molecule has 0 aromatic heterocycles. The van der Waals surface area contributed by atoms with Crippen molar-refractivity contribution in [1.29, 1.82) is 0 Å². The quantitative estimate of drug-likeness (QED) is 0.652. The fourth-order valence-electron chi connectivity index (χ4n) is 2.42. The van der Waals surface area contributed by atoms with Gasteiger partial charge in [-0.05, 0) is 36.8 Å². The minimum absolute atomic E-state index is 0.185. The van der Waals surface area contributed by atoms with Crippen LogP contribution >= 0.6 is 39.1 Å². The summed E-state index contributed by atoms with van der Waals surface area (Å²) in [6.45, 7) is 1.58. The van der Waals surface area contributed by atoms with Gasteiger partial charge < -0.3 is 15.0 Å². The van der Waals surface area contributed by atoms with Gasteiger partial charge >= 0.3 is 0 Å². The Morgan fingerprint density at radius 2 is 1.89 bits per heavy atom. The second kappa shape index (κ2) is 9.97. The molecular formula is C19H19BrCl2N2O3. The number of rotatable bonds is 7. The number of carbonyl (C=O) groups excluding carboxylic acids is 2. The summed E-state index contributed by atoms with van der Waals surface area (Å²) in [5.74, 6) is -0.249. The number of halogens is 3. The van der Waals surface area contributed by atoms with Crippen LogP contribution in [0.3, 0.4) is 0 Å². The van der Waals surface area contributed by atoms with Gasteiger partial charge in [0.25, 0.3) is 5.91 Å². The van der Waals surface area contributed by atoms with E-state index in [1.54, 1.807) is 37.3 Å². The van der Waals surface area contributed by atoms with Crippen LogP contribution in [0.2, 0.25) is 10.0 Å². The van der Waals surface area contributed by atoms with Gasteiger partial charge in [0.15, 0.2) is 6.61 Å². The van der Waals surface area contributed by atoms with Gasteiger partial charge in [0.1, 0.15) is 11.8 Å². The van der Waals surface area contributed by atoms with Gasteiger partial charge in [-0.15, -0.1) is 0 Å². The highest BCUT2D eigenvalue weighted by Gasteiger charge is 2.26. The summed E-state index contributed by atoms with van der Waals surface area (Å²) in [6.07, 6.45) is 0. The molecule has 0 aliphatic rings. The predicted molar refractivity (Wildman–Crippen MR) is 110 cm³/mol. The van der Waals surface area contributed by atoms with Crippen molar-refractivity contribution in [3.8, 4) is 5.75 Å². The third kappa shape index (κ3) is 5.86. The Kier molecular flexibility index (Phi) is 7.95. The van der Waals surface area contributed by atoms with Crippen molar-refractivity contribution in [2.24, 2.45) is 0 Å². The van der Waals surface area contributed by atoms with E-state index in [1.165, 1.54) is 11.9 Å². The molecule has 8 heteroatoms. The van der Waals surface area contributed by atoms with Crippen molar-refractivity contribution in [2.75, 3.05) is 13.7 Å². The summed E-state index contributed by atoms with van der Waals surface area (Å²) in [4.78, 5) is 26.3. The SMILES string of the molecule is CNC(=O)[C@H](C)N(Cc1ccccc1Cl)C(=O)COc1ccc(Br)cc1Cl. The van der Waals surface area contributed by atoms with Gasteiger partial charge in [-0.1, -0.05) is 57.3 Å². The Bertz CT molecular complexity index is 832. The van der Waals surface area contributed by atoms with E-state index in [4.69, 9.17) is 27.9 Å². The molecule has 2 rings (SSSR count). The van der Waals surface area contributed by atoms with E-state index in [9.17, 15) is 9.59 Å². The normalized spacial score (nSPS) is 11.6. The molecule has 2 aromatic rings. The Morgan fingerprint density at radius 3 is 2.52 bits per heavy atom. The first-order valence-electron chi connectivity index (χ1n) is 8.15. The first kappa shape index (κ1) is 21.5. The van der Waals surface area contributed by atoms with E-state index in [-0.39, 0.29) is 25.0 Å². The fraction of sp³-hybridized carbons (Fsp3) is 0.263. The summed E-state index contributed by atoms with van der Waals surface area (Å²) < 4.78 is 6.36. The zero-order valence-electron chi connectivity index (χ0n) is 14.8. The standard InChI is InChI=1S/C19H19BrCl2N2O3/c1-12(19(26)23-2)24(10-13-5-3-4-6-15(13)21)18(25)11-27-17-8-7-14(20)9-16(17)22/h3-9,12H,10-11H2,1-2H3,(H,23,26)/t12-/m0/s1. The second-order valence-corrected chi connectivity index (χ2v) is 7.50. The molecule has 2 amide bonds. The first-order chi connectivity index (χ1) is 12.8. The van der Waals surface area contributed by atoms with Crippen LogP contribution in [0.1, 0.15) is 12.5 Å². The third-order valence-corrected chi connectivity index (χ3v) is 5.11. The molecule has 0 aliphatic carbocycles. The average molecular weight is 474 g/mol. The molecular weight excluding hydrogens is 455 g/mol. The topological polar surface area (TPSA) is 58.6 Å². The maximum atomic E-state index is 12.8. The van der Waals surface area contributed by atoms with Crippen LogP contribution in [0.4, 0.5) is 0 Å². The van der Waals surface area contributed by atoms with Gasteiger partial charge in [-0.25, -0.2) is 0 Å². The molecule has 2 aromatic carbocycles. The Balaban J connectivity index is 2.17. The molecule has 0 spiro atoms. The monoisotopic (exact) mass is 472 g/mol. The molecule has 0 saturated carbocycles. The Morgan fingerprint density at radius 1 is 1.19 bits per heavy atom. The second-order valence-electron chi connectivity index (χ2n) is 5.77. The maximum absolute atomic E-state index is 12.8. The number of carbonyl (C=O) groups is 2. The molecule has 0 unspecified atom stereocenters. The first-order valence-corrected chi connectivity index (χ1v) is 9.70. The van der Waals surface area contributed by atoms with E-state index >= 15 is 0 Å². The molecule has 0 aliphatic heterocycles. The number of ether oxygens (including phenoxy) is 1. The number of benzene rings is 2. The molecule has 0 saturated heterocycles. The van der Waals surface area contributed by atoms with Crippen molar-refractivity contribution in [2.45, 2.75) is 19.5 Å². The van der Waals surface area contributed by atoms with Crippen molar-refractivity contribution < 1.29 is 14.3 Å². The van der Waals surface area contributed by atoms with E-state index in [2.05, 4.69) is 21.2 Å². The van der Waals surface area contributed by atoms with Gasteiger partial charge in [0, 0.05) is 23.1 Å². The van der Waals surface area contributed by atoms with Gasteiger partial charge in [0.2, 0.25) is 5.91 Å². The molecule has 27 heavy (non-hydrogen) atoms. The summed E-state index contributed by atoms with van der Waals surface area (Å²) in [7, 11) is 1.52. The highest BCUT2D eigenvalue weighted by atomic mass is 79.9. The van der Waals surface area contributed by atoms with Crippen molar-refractivity contribution >= 4 is 50.9 Å². The molecule has 1 N–H and O–H groups in total. The van der Waals surface area contributed by atoms with Crippen molar-refractivity contribution in [1.82, 2.24) is 10.2 Å². The molecule has 5 nitrogen and oxygen atoms in total. The summed E-state index contributed by atoms with van der Waals surface area (Å²) in [5.41, 5.74) is 0.741. The molecule has 0 fully saturated rings. The minimum Gasteiger partial charge on any atom is -0.482 e. The van der Waals surface area contributed by atoms with E-state index in [0.717, 1.165) is 10.0 Å². The molecule has 144 valence electrons. The Hall–Kier alpha value is -1.76. The number of likely N-dealkylation sites (N-methyl/N-ethyl adjacent to an activating group) is 1. The Labute approximate surface area is 176 Å². The van der Waals surface area contributed by atoms with Gasteiger partial charge in [0.05, 0.1) is 5.02 Å². The molecule has 0 heterocycles. The van der Waals surface area contributed by atoms with Gasteiger partial charge in [-0.2, -0.15) is 0 Å². The number of hydrogen-bond acceptors (Lipinski definition) is 3. The van der Waals surface area contributed by atoms with Crippen molar-refractivity contribution in [3.05, 3.63) is 62.5 Å². The lowest BCUT2D eigenvalue weighted by atomic mass is 10.1. The van der Waals surface area contributed by atoms with Crippen LogP contribution in [-0.4, -0.2) is 36.4 Å². The highest BCUT2D eigenvalue weighted by Crippen LogP contribution is 2.28. The lowest BCUT2D eigenvalue weighted by Gasteiger charge is -2.28. The molecule has 0 bridgehead atoms. The summed E-state index contributed by atoms with van der Waals surface area (Å²) in [6, 6.07) is 11.6. The number of hydrogen-bond donors (Lipinski definition) is 1. The molecule has 1 atom stereocenters. The largest absolute Gasteiger partial charge is 0.482 e. The van der Waals surface area contributed by atoms with Crippen LogP contribution in [0, 0.1) is 0 Å².